The third kappa shape index (κ3) is 7.33. The predicted molar refractivity (Wildman–Crippen MR) is 117 cm³/mol. The molecule has 152 valence electrons. The first-order valence-electron chi connectivity index (χ1n) is 9.17. The Hall–Kier alpha value is -2.70. The molecule has 29 heavy (non-hydrogen) atoms. The van der Waals surface area contributed by atoms with E-state index in [-0.39, 0.29) is 0 Å². The van der Waals surface area contributed by atoms with E-state index in [1.54, 1.807) is 36.4 Å². The van der Waals surface area contributed by atoms with E-state index in [9.17, 15) is 9.59 Å². The molecule has 0 heterocycles. The fourth-order valence-electron chi connectivity index (χ4n) is 2.44. The van der Waals surface area contributed by atoms with Crippen LogP contribution in [-0.4, -0.2) is 24.2 Å². The zero-order chi connectivity index (χ0) is 21.1. The van der Waals surface area contributed by atoms with Gasteiger partial charge in [-0.3, -0.25) is 9.59 Å². The van der Waals surface area contributed by atoms with Gasteiger partial charge in [0, 0.05) is 21.2 Å². The van der Waals surface area contributed by atoms with Gasteiger partial charge in [-0.05, 0) is 18.6 Å². The van der Waals surface area contributed by atoms with E-state index in [1.165, 1.54) is 12.4 Å². The third-order valence-corrected chi connectivity index (χ3v) is 4.73. The molecule has 0 aliphatic rings. The van der Waals surface area contributed by atoms with E-state index < -0.39 is 17.7 Å². The maximum Gasteiger partial charge on any atom is 0.252 e. The molecule has 2 amide bonds. The lowest BCUT2D eigenvalue weighted by molar-refractivity contribution is -0.135. The lowest BCUT2D eigenvalue weighted by Crippen LogP contribution is -2.38. The molecule has 0 atom stereocenters. The van der Waals surface area contributed by atoms with Crippen LogP contribution in [0.5, 0.6) is 0 Å². The van der Waals surface area contributed by atoms with Crippen LogP contribution >= 0.6 is 23.2 Å². The molecule has 2 aromatic rings. The van der Waals surface area contributed by atoms with Crippen molar-refractivity contribution in [2.75, 3.05) is 0 Å². The number of hydrogen-bond donors (Lipinski definition) is 2. The van der Waals surface area contributed by atoms with Gasteiger partial charge in [0.1, 0.15) is 5.92 Å². The van der Waals surface area contributed by atoms with Crippen LogP contribution in [-0.2, 0) is 9.59 Å². The summed E-state index contributed by atoms with van der Waals surface area (Å²) >= 11 is 12.1. The predicted octanol–water partition coefficient (Wildman–Crippen LogP) is 4.40. The Balaban J connectivity index is 1.99. The quantitative estimate of drug-likeness (QED) is 0.349. The summed E-state index contributed by atoms with van der Waals surface area (Å²) in [5.74, 6) is -1.93. The Morgan fingerprint density at radius 3 is 1.76 bits per heavy atom. The average molecular weight is 433 g/mol. The summed E-state index contributed by atoms with van der Waals surface area (Å²) in [5.41, 5.74) is 6.13. The van der Waals surface area contributed by atoms with Gasteiger partial charge in [-0.15, -0.1) is 0 Å². The minimum absolute atomic E-state index is 0.386. The number of nitrogens with one attached hydrogen (secondary N) is 2. The first-order chi connectivity index (χ1) is 14.0. The smallest absolute Gasteiger partial charge is 0.252 e. The molecule has 0 spiro atoms. The maximum atomic E-state index is 12.5. The summed E-state index contributed by atoms with van der Waals surface area (Å²) in [6, 6.07) is 14.2. The van der Waals surface area contributed by atoms with Gasteiger partial charge in [-0.25, -0.2) is 10.9 Å². The highest BCUT2D eigenvalue weighted by Crippen LogP contribution is 2.14. The van der Waals surface area contributed by atoms with E-state index in [0.717, 1.165) is 6.42 Å². The van der Waals surface area contributed by atoms with Crippen LogP contribution < -0.4 is 10.9 Å². The van der Waals surface area contributed by atoms with Gasteiger partial charge in [0.25, 0.3) is 11.8 Å². The molecule has 2 rings (SSSR count). The third-order valence-electron chi connectivity index (χ3n) is 4.05. The van der Waals surface area contributed by atoms with Crippen LogP contribution in [0.4, 0.5) is 0 Å². The highest BCUT2D eigenvalue weighted by Gasteiger charge is 2.25. The van der Waals surface area contributed by atoms with Gasteiger partial charge in [0.15, 0.2) is 0 Å². The van der Waals surface area contributed by atoms with Crippen molar-refractivity contribution in [1.29, 1.82) is 0 Å². The number of rotatable bonds is 9. The second kappa shape index (κ2) is 12.0. The summed E-state index contributed by atoms with van der Waals surface area (Å²) in [4.78, 5) is 24.9. The van der Waals surface area contributed by atoms with Gasteiger partial charge in [-0.2, -0.15) is 10.2 Å². The van der Waals surface area contributed by atoms with Crippen molar-refractivity contribution < 1.29 is 9.59 Å². The number of carbonyl (C=O) groups excluding carboxylic acids is 2. The fourth-order valence-corrected chi connectivity index (χ4v) is 2.80. The zero-order valence-corrected chi connectivity index (χ0v) is 17.5. The number of benzene rings is 2. The number of hydrazone groups is 2. The van der Waals surface area contributed by atoms with Gasteiger partial charge in [0.05, 0.1) is 12.4 Å². The van der Waals surface area contributed by atoms with Crippen molar-refractivity contribution in [1.82, 2.24) is 10.9 Å². The molecule has 0 bridgehead atoms. The number of halogens is 2. The van der Waals surface area contributed by atoms with Gasteiger partial charge in [-0.1, -0.05) is 79.4 Å². The van der Waals surface area contributed by atoms with Crippen LogP contribution in [0.15, 0.2) is 58.7 Å². The number of nitrogens with zero attached hydrogens (tertiary/aromatic N) is 2. The molecule has 0 saturated carbocycles. The standard InChI is InChI=1S/C21H22Cl2N4O2/c1-2-3-10-17(20(28)26-24-13-15-8-4-6-11-18(15)22)21(29)27-25-14-16-9-5-7-12-19(16)23/h4-9,11-14,17H,2-3,10H2,1H3,(H,26,28)(H,27,29)/b24-13+,25-14+. The van der Waals surface area contributed by atoms with Crippen molar-refractivity contribution in [2.45, 2.75) is 26.2 Å². The molecule has 0 saturated heterocycles. The van der Waals surface area contributed by atoms with Crippen molar-refractivity contribution in [2.24, 2.45) is 16.1 Å². The Bertz CT molecular complexity index is 830. The largest absolute Gasteiger partial charge is 0.272 e. The molecule has 0 radical (unpaired) electrons. The molecule has 0 aliphatic carbocycles. The summed E-state index contributed by atoms with van der Waals surface area (Å²) < 4.78 is 0. The number of hydrogen-bond acceptors (Lipinski definition) is 4. The van der Waals surface area contributed by atoms with E-state index >= 15 is 0 Å². The molecule has 0 unspecified atom stereocenters. The minimum Gasteiger partial charge on any atom is -0.272 e. The van der Waals surface area contributed by atoms with Crippen LogP contribution in [0.25, 0.3) is 0 Å². The molecular weight excluding hydrogens is 411 g/mol. The van der Waals surface area contributed by atoms with Crippen LogP contribution in [0, 0.1) is 5.92 Å². The fraction of sp³-hybridized carbons (Fsp3) is 0.238. The number of carbonyl (C=O) groups is 2. The summed E-state index contributed by atoms with van der Waals surface area (Å²) in [6.45, 7) is 1.98. The van der Waals surface area contributed by atoms with E-state index in [0.29, 0.717) is 34.0 Å². The second-order valence-electron chi connectivity index (χ2n) is 6.21. The van der Waals surface area contributed by atoms with Gasteiger partial charge in [0.2, 0.25) is 0 Å². The molecule has 0 aromatic heterocycles. The Morgan fingerprint density at radius 1 is 0.897 bits per heavy atom. The summed E-state index contributed by atoms with van der Waals surface area (Å²) in [7, 11) is 0. The van der Waals surface area contributed by atoms with E-state index in [1.807, 2.05) is 19.1 Å². The molecule has 2 aromatic carbocycles. The van der Waals surface area contributed by atoms with Crippen LogP contribution in [0.1, 0.15) is 37.3 Å². The van der Waals surface area contributed by atoms with Crippen molar-refractivity contribution in [3.63, 3.8) is 0 Å². The van der Waals surface area contributed by atoms with Gasteiger partial charge < -0.3 is 0 Å². The molecular formula is C21H22Cl2N4O2. The topological polar surface area (TPSA) is 82.9 Å². The first kappa shape index (κ1) is 22.6. The van der Waals surface area contributed by atoms with E-state index in [4.69, 9.17) is 23.2 Å². The van der Waals surface area contributed by atoms with Gasteiger partial charge >= 0.3 is 0 Å². The van der Waals surface area contributed by atoms with Crippen molar-refractivity contribution >= 4 is 47.4 Å². The number of amides is 2. The van der Waals surface area contributed by atoms with Crippen LogP contribution in [0.3, 0.4) is 0 Å². The Kier molecular flexibility index (Phi) is 9.34. The van der Waals surface area contributed by atoms with Crippen molar-refractivity contribution in [3.8, 4) is 0 Å². The molecule has 2 N–H and O–H groups in total. The number of unbranched alkanes of at least 4 members (excludes halogenated alkanes) is 1. The SMILES string of the molecule is CCCCC(C(=O)N/N=C/c1ccccc1Cl)C(=O)N/N=C/c1ccccc1Cl. The second-order valence-corrected chi connectivity index (χ2v) is 7.02. The maximum absolute atomic E-state index is 12.5. The Morgan fingerprint density at radius 2 is 1.34 bits per heavy atom. The molecule has 0 aliphatic heterocycles. The zero-order valence-electron chi connectivity index (χ0n) is 15.9. The molecule has 6 nitrogen and oxygen atoms in total. The minimum atomic E-state index is -0.915. The Labute approximate surface area is 180 Å². The lowest BCUT2D eigenvalue weighted by Gasteiger charge is -2.13. The summed E-state index contributed by atoms with van der Waals surface area (Å²) in [5, 5.41) is 8.84. The lowest BCUT2D eigenvalue weighted by atomic mass is 10.0. The van der Waals surface area contributed by atoms with Crippen molar-refractivity contribution in [3.05, 3.63) is 69.7 Å². The van der Waals surface area contributed by atoms with Crippen LogP contribution in [0.2, 0.25) is 10.0 Å². The highest BCUT2D eigenvalue weighted by atomic mass is 35.5. The summed E-state index contributed by atoms with van der Waals surface area (Å²) in [6.07, 6.45) is 4.82. The van der Waals surface area contributed by atoms with E-state index in [2.05, 4.69) is 21.1 Å². The monoisotopic (exact) mass is 432 g/mol. The normalized spacial score (nSPS) is 11.3. The first-order valence-corrected chi connectivity index (χ1v) is 9.93. The average Bonchev–Trinajstić information content (AvgIpc) is 2.71. The highest BCUT2D eigenvalue weighted by molar-refractivity contribution is 6.33. The molecule has 8 heteroatoms. The molecule has 0 fully saturated rings.